The average Bonchev–Trinajstić information content (AvgIpc) is 3.33. The summed E-state index contributed by atoms with van der Waals surface area (Å²) in [5, 5.41) is 12.9. The van der Waals surface area contributed by atoms with Crippen LogP contribution in [-0.2, 0) is 15.6 Å². The first-order valence-corrected chi connectivity index (χ1v) is 9.77. The highest BCUT2D eigenvalue weighted by Crippen LogP contribution is 2.33. The lowest BCUT2D eigenvalue weighted by Crippen LogP contribution is -2.41. The minimum Gasteiger partial charge on any atom is -0.495 e. The molecule has 3 rings (SSSR count). The molecule has 3 aromatic rings. The number of sulfonamides is 1. The van der Waals surface area contributed by atoms with Crippen LogP contribution in [0.5, 0.6) is 5.75 Å². The molecule has 1 aromatic carbocycles. The Morgan fingerprint density at radius 3 is 2.64 bits per heavy atom. The van der Waals surface area contributed by atoms with Crippen LogP contribution in [0.1, 0.15) is 10.6 Å². The summed E-state index contributed by atoms with van der Waals surface area (Å²) in [5.74, 6) is 0.491. The second-order valence-corrected chi connectivity index (χ2v) is 7.97. The van der Waals surface area contributed by atoms with E-state index in [0.29, 0.717) is 4.88 Å². The SMILES string of the molecule is COc1ccccc1S(=O)(=O)NCC(O)(c1ccco1)c1cccs1. The Labute approximate surface area is 149 Å². The van der Waals surface area contributed by atoms with E-state index in [1.54, 1.807) is 47.8 Å². The molecule has 2 heterocycles. The quantitative estimate of drug-likeness (QED) is 0.659. The molecule has 2 aromatic heterocycles. The molecule has 0 aliphatic rings. The monoisotopic (exact) mass is 379 g/mol. The van der Waals surface area contributed by atoms with Gasteiger partial charge in [0, 0.05) is 4.88 Å². The predicted octanol–water partition coefficient (Wildman–Crippen LogP) is 2.56. The number of hydrogen-bond donors (Lipinski definition) is 2. The van der Waals surface area contributed by atoms with Crippen LogP contribution in [0.25, 0.3) is 0 Å². The lowest BCUT2D eigenvalue weighted by molar-refractivity contribution is 0.0655. The van der Waals surface area contributed by atoms with Crippen molar-refractivity contribution >= 4 is 21.4 Å². The highest BCUT2D eigenvalue weighted by atomic mass is 32.2. The number of aliphatic hydroxyl groups is 1. The Morgan fingerprint density at radius 2 is 2.00 bits per heavy atom. The number of nitrogens with one attached hydrogen (secondary N) is 1. The van der Waals surface area contributed by atoms with E-state index in [1.807, 2.05) is 0 Å². The van der Waals surface area contributed by atoms with E-state index >= 15 is 0 Å². The maximum Gasteiger partial charge on any atom is 0.244 e. The van der Waals surface area contributed by atoms with Gasteiger partial charge in [-0.2, -0.15) is 0 Å². The van der Waals surface area contributed by atoms with Gasteiger partial charge in [-0.25, -0.2) is 13.1 Å². The molecule has 0 saturated carbocycles. The molecular weight excluding hydrogens is 362 g/mol. The third-order valence-corrected chi connectivity index (χ3v) is 6.20. The van der Waals surface area contributed by atoms with Gasteiger partial charge in [0.1, 0.15) is 16.4 Å². The van der Waals surface area contributed by atoms with Gasteiger partial charge in [-0.3, -0.25) is 0 Å². The van der Waals surface area contributed by atoms with Gasteiger partial charge in [0.25, 0.3) is 0 Å². The normalized spacial score (nSPS) is 14.2. The van der Waals surface area contributed by atoms with Crippen molar-refractivity contribution in [2.24, 2.45) is 0 Å². The van der Waals surface area contributed by atoms with E-state index in [2.05, 4.69) is 4.72 Å². The van der Waals surface area contributed by atoms with Gasteiger partial charge in [-0.05, 0) is 35.7 Å². The highest BCUT2D eigenvalue weighted by molar-refractivity contribution is 7.89. The second kappa shape index (κ2) is 7.01. The van der Waals surface area contributed by atoms with Crippen LogP contribution in [0, 0.1) is 0 Å². The van der Waals surface area contributed by atoms with Crippen molar-refractivity contribution in [2.45, 2.75) is 10.5 Å². The second-order valence-electron chi connectivity index (χ2n) is 5.29. The molecule has 8 heteroatoms. The number of ether oxygens (including phenoxy) is 1. The molecular formula is C17H17NO5S2. The van der Waals surface area contributed by atoms with E-state index < -0.39 is 15.6 Å². The molecule has 1 unspecified atom stereocenters. The standard InChI is InChI=1S/C17H17NO5S2/c1-22-13-6-2-3-7-14(13)25(20,21)18-12-17(19,15-8-4-10-23-15)16-9-5-11-24-16/h2-11,18-19H,12H2,1H3. The molecule has 1 atom stereocenters. The van der Waals surface area contributed by atoms with Crippen molar-refractivity contribution in [1.82, 2.24) is 4.72 Å². The zero-order valence-corrected chi connectivity index (χ0v) is 15.0. The fourth-order valence-corrected chi connectivity index (χ4v) is 4.50. The third kappa shape index (κ3) is 3.47. The minimum absolute atomic E-state index is 0.00507. The number of benzene rings is 1. The van der Waals surface area contributed by atoms with Crippen molar-refractivity contribution < 1.29 is 22.7 Å². The van der Waals surface area contributed by atoms with Gasteiger partial charge in [-0.15, -0.1) is 11.3 Å². The maximum atomic E-state index is 12.7. The van der Waals surface area contributed by atoms with Crippen LogP contribution >= 0.6 is 11.3 Å². The topological polar surface area (TPSA) is 88.8 Å². The molecule has 132 valence electrons. The lowest BCUT2D eigenvalue weighted by atomic mass is 9.99. The molecule has 6 nitrogen and oxygen atoms in total. The smallest absolute Gasteiger partial charge is 0.244 e. The fourth-order valence-electron chi connectivity index (χ4n) is 2.44. The Morgan fingerprint density at radius 1 is 1.20 bits per heavy atom. The van der Waals surface area contributed by atoms with Crippen LogP contribution in [0.2, 0.25) is 0 Å². The summed E-state index contributed by atoms with van der Waals surface area (Å²) in [5.41, 5.74) is -1.60. The van der Waals surface area contributed by atoms with Crippen LogP contribution in [0.15, 0.2) is 69.5 Å². The summed E-state index contributed by atoms with van der Waals surface area (Å²) in [4.78, 5) is 0.579. The zero-order chi connectivity index (χ0) is 17.9. The average molecular weight is 379 g/mol. The number of furan rings is 1. The van der Waals surface area contributed by atoms with Gasteiger partial charge in [0.2, 0.25) is 10.0 Å². The van der Waals surface area contributed by atoms with Crippen molar-refractivity contribution in [1.29, 1.82) is 0 Å². The van der Waals surface area contributed by atoms with Crippen LogP contribution in [-0.4, -0.2) is 27.2 Å². The van der Waals surface area contributed by atoms with Gasteiger partial charge in [0.15, 0.2) is 5.60 Å². The molecule has 0 bridgehead atoms. The number of para-hydroxylation sites is 1. The summed E-state index contributed by atoms with van der Waals surface area (Å²) in [6.45, 7) is -0.276. The molecule has 0 radical (unpaired) electrons. The predicted molar refractivity (Wildman–Crippen MR) is 94.2 cm³/mol. The molecule has 0 aliphatic heterocycles. The van der Waals surface area contributed by atoms with Gasteiger partial charge < -0.3 is 14.3 Å². The van der Waals surface area contributed by atoms with E-state index in [4.69, 9.17) is 9.15 Å². The van der Waals surface area contributed by atoms with Crippen molar-refractivity contribution in [3.8, 4) is 5.75 Å². The molecule has 2 N–H and O–H groups in total. The van der Waals surface area contributed by atoms with E-state index in [0.717, 1.165) is 0 Å². The molecule has 0 spiro atoms. The number of hydrogen-bond acceptors (Lipinski definition) is 6. The molecule has 25 heavy (non-hydrogen) atoms. The summed E-state index contributed by atoms with van der Waals surface area (Å²) >= 11 is 1.31. The van der Waals surface area contributed by atoms with Crippen LogP contribution < -0.4 is 9.46 Å². The van der Waals surface area contributed by atoms with Gasteiger partial charge in [-0.1, -0.05) is 18.2 Å². The molecule has 0 amide bonds. The van der Waals surface area contributed by atoms with Crippen molar-refractivity contribution in [2.75, 3.05) is 13.7 Å². The van der Waals surface area contributed by atoms with E-state index in [1.165, 1.54) is 30.8 Å². The number of methoxy groups -OCH3 is 1. The van der Waals surface area contributed by atoms with Gasteiger partial charge >= 0.3 is 0 Å². The molecule has 0 fully saturated rings. The van der Waals surface area contributed by atoms with E-state index in [-0.39, 0.29) is 22.9 Å². The maximum absolute atomic E-state index is 12.7. The Hall–Kier alpha value is -2.13. The Balaban J connectivity index is 1.92. The Bertz CT molecular complexity index is 884. The first-order chi connectivity index (χ1) is 12.0. The first kappa shape index (κ1) is 17.7. The van der Waals surface area contributed by atoms with E-state index in [9.17, 15) is 13.5 Å². The summed E-state index contributed by atoms with van der Waals surface area (Å²) in [7, 11) is -2.49. The summed E-state index contributed by atoms with van der Waals surface area (Å²) < 4.78 is 38.2. The van der Waals surface area contributed by atoms with Crippen LogP contribution in [0.4, 0.5) is 0 Å². The lowest BCUT2D eigenvalue weighted by Gasteiger charge is -2.25. The Kier molecular flexibility index (Phi) is 4.96. The summed E-state index contributed by atoms with van der Waals surface area (Å²) in [6, 6.07) is 13.1. The zero-order valence-electron chi connectivity index (χ0n) is 13.4. The third-order valence-electron chi connectivity index (χ3n) is 3.73. The molecule has 0 saturated heterocycles. The largest absolute Gasteiger partial charge is 0.495 e. The van der Waals surface area contributed by atoms with Crippen molar-refractivity contribution in [3.63, 3.8) is 0 Å². The molecule has 0 aliphatic carbocycles. The first-order valence-electron chi connectivity index (χ1n) is 7.40. The fraction of sp³-hybridized carbons (Fsp3) is 0.176. The number of rotatable bonds is 7. The highest BCUT2D eigenvalue weighted by Gasteiger charge is 2.37. The minimum atomic E-state index is -3.89. The van der Waals surface area contributed by atoms with Gasteiger partial charge in [0.05, 0.1) is 19.9 Å². The summed E-state index contributed by atoms with van der Waals surface area (Å²) in [6.07, 6.45) is 1.43. The van der Waals surface area contributed by atoms with Crippen molar-refractivity contribution in [3.05, 3.63) is 70.8 Å². The van der Waals surface area contributed by atoms with Crippen LogP contribution in [0.3, 0.4) is 0 Å². The number of thiophene rings is 1.